The molecule has 0 aliphatic rings. The van der Waals surface area contributed by atoms with Crippen molar-refractivity contribution in [1.82, 2.24) is 5.43 Å². The molecule has 0 spiro atoms. The van der Waals surface area contributed by atoms with Crippen molar-refractivity contribution < 1.29 is 9.13 Å². The van der Waals surface area contributed by atoms with Gasteiger partial charge in [0.15, 0.2) is 0 Å². The second-order valence-corrected chi connectivity index (χ2v) is 5.01. The quantitative estimate of drug-likeness (QED) is 0.619. The van der Waals surface area contributed by atoms with Crippen LogP contribution in [0.15, 0.2) is 18.2 Å². The third kappa shape index (κ3) is 3.65. The molecule has 0 bridgehead atoms. The molecule has 3 N–H and O–H groups in total. The fourth-order valence-corrected chi connectivity index (χ4v) is 2.32. The van der Waals surface area contributed by atoms with Crippen LogP contribution in [0.25, 0.3) is 0 Å². The van der Waals surface area contributed by atoms with Crippen LogP contribution in [0.1, 0.15) is 19.4 Å². The smallest absolute Gasteiger partial charge is 0.142 e. The van der Waals surface area contributed by atoms with Gasteiger partial charge in [0.2, 0.25) is 0 Å². The second kappa shape index (κ2) is 7.04. The number of hydrazine groups is 1. The Bertz CT molecular complexity index is 387. The topological polar surface area (TPSA) is 47.3 Å². The predicted molar refractivity (Wildman–Crippen MR) is 71.9 cm³/mol. The minimum absolute atomic E-state index is 0.0608. The first-order valence-corrected chi connectivity index (χ1v) is 6.30. The molecule has 0 aliphatic carbocycles. The minimum Gasteiger partial charge on any atom is -0.380 e. The molecule has 0 amide bonds. The molecule has 0 heterocycles. The maximum atomic E-state index is 13.4. The van der Waals surface area contributed by atoms with Gasteiger partial charge in [-0.05, 0) is 24.0 Å². The molecular formula is C13H20ClFN2O. The van der Waals surface area contributed by atoms with Crippen LogP contribution in [0, 0.1) is 11.7 Å². The van der Waals surface area contributed by atoms with Gasteiger partial charge in [0.25, 0.3) is 0 Å². The summed E-state index contributed by atoms with van der Waals surface area (Å²) in [5.41, 5.74) is 3.45. The Hall–Kier alpha value is -0.680. The molecule has 0 fully saturated rings. The molecule has 0 aliphatic heterocycles. The molecule has 2 atom stereocenters. The van der Waals surface area contributed by atoms with E-state index in [0.29, 0.717) is 12.3 Å². The first kappa shape index (κ1) is 15.4. The lowest BCUT2D eigenvalue weighted by molar-refractivity contribution is 0.0332. The number of methoxy groups -OCH3 is 1. The van der Waals surface area contributed by atoms with Crippen LogP contribution in [0.2, 0.25) is 5.02 Å². The van der Waals surface area contributed by atoms with Gasteiger partial charge in [-0.3, -0.25) is 11.3 Å². The molecular weight excluding hydrogens is 255 g/mol. The Kier molecular flexibility index (Phi) is 6.02. The number of ether oxygens (including phenoxy) is 1. The highest BCUT2D eigenvalue weighted by atomic mass is 35.5. The highest BCUT2D eigenvalue weighted by Gasteiger charge is 2.24. The van der Waals surface area contributed by atoms with Gasteiger partial charge in [0.05, 0.1) is 17.2 Å². The molecule has 0 saturated heterocycles. The molecule has 3 nitrogen and oxygen atoms in total. The van der Waals surface area contributed by atoms with Gasteiger partial charge in [-0.15, -0.1) is 0 Å². The SMILES string of the molecule is COC(C(C)C)C(Cc1cccc(F)c1Cl)NN. The van der Waals surface area contributed by atoms with E-state index in [2.05, 4.69) is 5.43 Å². The minimum atomic E-state index is -0.413. The number of hydrogen-bond donors (Lipinski definition) is 2. The van der Waals surface area contributed by atoms with Crippen molar-refractivity contribution in [2.45, 2.75) is 32.4 Å². The summed E-state index contributed by atoms with van der Waals surface area (Å²) in [5, 5.41) is 0.149. The average Bonchev–Trinajstić information content (AvgIpc) is 2.33. The summed E-state index contributed by atoms with van der Waals surface area (Å²) >= 11 is 5.94. The Morgan fingerprint density at radius 1 is 1.44 bits per heavy atom. The number of rotatable bonds is 6. The zero-order chi connectivity index (χ0) is 13.7. The van der Waals surface area contributed by atoms with Crippen LogP contribution < -0.4 is 11.3 Å². The lowest BCUT2D eigenvalue weighted by Gasteiger charge is -2.28. The van der Waals surface area contributed by atoms with Crippen molar-refractivity contribution in [2.24, 2.45) is 11.8 Å². The fourth-order valence-electron chi connectivity index (χ4n) is 2.11. The number of halogens is 2. The molecule has 102 valence electrons. The summed E-state index contributed by atoms with van der Waals surface area (Å²) in [4.78, 5) is 0. The van der Waals surface area contributed by atoms with E-state index in [9.17, 15) is 4.39 Å². The molecule has 0 saturated carbocycles. The van der Waals surface area contributed by atoms with Crippen molar-refractivity contribution in [3.63, 3.8) is 0 Å². The first-order chi connectivity index (χ1) is 8.51. The number of nitrogens with two attached hydrogens (primary N) is 1. The number of nitrogens with one attached hydrogen (secondary N) is 1. The Morgan fingerprint density at radius 3 is 2.61 bits per heavy atom. The highest BCUT2D eigenvalue weighted by molar-refractivity contribution is 6.31. The number of hydrogen-bond acceptors (Lipinski definition) is 3. The lowest BCUT2D eigenvalue weighted by atomic mass is 9.94. The zero-order valence-corrected chi connectivity index (χ0v) is 11.7. The molecule has 2 unspecified atom stereocenters. The Morgan fingerprint density at radius 2 is 2.11 bits per heavy atom. The van der Waals surface area contributed by atoms with E-state index in [1.807, 2.05) is 13.8 Å². The van der Waals surface area contributed by atoms with Gasteiger partial charge in [-0.1, -0.05) is 37.6 Å². The van der Waals surface area contributed by atoms with Crippen LogP contribution in [0.3, 0.4) is 0 Å². The van der Waals surface area contributed by atoms with Gasteiger partial charge in [0.1, 0.15) is 5.82 Å². The van der Waals surface area contributed by atoms with Gasteiger partial charge < -0.3 is 4.74 Å². The summed E-state index contributed by atoms with van der Waals surface area (Å²) in [6.45, 7) is 4.09. The van der Waals surface area contributed by atoms with Gasteiger partial charge in [0, 0.05) is 7.11 Å². The maximum Gasteiger partial charge on any atom is 0.142 e. The maximum absolute atomic E-state index is 13.4. The molecule has 0 aromatic heterocycles. The molecule has 0 radical (unpaired) electrons. The van der Waals surface area contributed by atoms with Gasteiger partial charge in [-0.2, -0.15) is 0 Å². The molecule has 5 heteroatoms. The summed E-state index contributed by atoms with van der Waals surface area (Å²) in [6, 6.07) is 4.66. The van der Waals surface area contributed by atoms with Crippen molar-refractivity contribution in [1.29, 1.82) is 0 Å². The summed E-state index contributed by atoms with van der Waals surface area (Å²) in [6.07, 6.45) is 0.457. The van der Waals surface area contributed by atoms with E-state index in [-0.39, 0.29) is 17.2 Å². The van der Waals surface area contributed by atoms with Crippen LogP contribution in [0.5, 0.6) is 0 Å². The fraction of sp³-hybridized carbons (Fsp3) is 0.538. The third-order valence-electron chi connectivity index (χ3n) is 3.01. The second-order valence-electron chi connectivity index (χ2n) is 4.63. The molecule has 1 aromatic rings. The average molecular weight is 275 g/mol. The van der Waals surface area contributed by atoms with Crippen molar-refractivity contribution in [3.8, 4) is 0 Å². The van der Waals surface area contributed by atoms with E-state index in [1.54, 1.807) is 19.2 Å². The van der Waals surface area contributed by atoms with Gasteiger partial charge >= 0.3 is 0 Å². The zero-order valence-electron chi connectivity index (χ0n) is 10.9. The van der Waals surface area contributed by atoms with Crippen molar-refractivity contribution in [3.05, 3.63) is 34.6 Å². The van der Waals surface area contributed by atoms with E-state index in [4.69, 9.17) is 22.2 Å². The normalized spacial score (nSPS) is 14.8. The molecule has 18 heavy (non-hydrogen) atoms. The van der Waals surface area contributed by atoms with E-state index < -0.39 is 5.82 Å². The van der Waals surface area contributed by atoms with Crippen LogP contribution >= 0.6 is 11.6 Å². The lowest BCUT2D eigenvalue weighted by Crippen LogP contribution is -2.48. The van der Waals surface area contributed by atoms with Crippen LogP contribution in [-0.2, 0) is 11.2 Å². The van der Waals surface area contributed by atoms with E-state index in [0.717, 1.165) is 5.56 Å². The van der Waals surface area contributed by atoms with E-state index in [1.165, 1.54) is 6.07 Å². The summed E-state index contributed by atoms with van der Waals surface area (Å²) in [5.74, 6) is 5.44. The largest absolute Gasteiger partial charge is 0.380 e. The third-order valence-corrected chi connectivity index (χ3v) is 3.43. The molecule has 1 aromatic carbocycles. The van der Waals surface area contributed by atoms with Crippen molar-refractivity contribution >= 4 is 11.6 Å². The van der Waals surface area contributed by atoms with Crippen molar-refractivity contribution in [2.75, 3.05) is 7.11 Å². The monoisotopic (exact) mass is 274 g/mol. The summed E-state index contributed by atoms with van der Waals surface area (Å²) < 4.78 is 18.8. The summed E-state index contributed by atoms with van der Waals surface area (Å²) in [7, 11) is 1.64. The predicted octanol–water partition coefficient (Wildman–Crippen LogP) is 2.52. The first-order valence-electron chi connectivity index (χ1n) is 5.93. The number of benzene rings is 1. The van der Waals surface area contributed by atoms with Gasteiger partial charge in [-0.25, -0.2) is 4.39 Å². The van der Waals surface area contributed by atoms with Crippen LogP contribution in [-0.4, -0.2) is 19.3 Å². The Balaban J connectivity index is 2.88. The molecule has 1 rings (SSSR count). The van der Waals surface area contributed by atoms with E-state index >= 15 is 0 Å². The standard InChI is InChI=1S/C13H20ClFN2O/c1-8(2)13(18-3)11(17-16)7-9-5-4-6-10(15)12(9)14/h4-6,8,11,13,17H,7,16H2,1-3H3. The highest BCUT2D eigenvalue weighted by Crippen LogP contribution is 2.23. The van der Waals surface area contributed by atoms with Crippen LogP contribution in [0.4, 0.5) is 4.39 Å². The Labute approximate surface area is 112 Å².